The highest BCUT2D eigenvalue weighted by Gasteiger charge is 2.36. The van der Waals surface area contributed by atoms with Gasteiger partial charge in [-0.1, -0.05) is 23.7 Å². The van der Waals surface area contributed by atoms with Crippen LogP contribution >= 0.6 is 11.6 Å². The minimum absolute atomic E-state index is 0.169. The van der Waals surface area contributed by atoms with Gasteiger partial charge in [-0.15, -0.1) is 0 Å². The van der Waals surface area contributed by atoms with E-state index in [-0.39, 0.29) is 13.1 Å². The molecule has 0 aliphatic carbocycles. The molecule has 1 heterocycles. The van der Waals surface area contributed by atoms with E-state index in [4.69, 9.17) is 16.9 Å². The number of hydrogen-bond acceptors (Lipinski definition) is 4. The second kappa shape index (κ2) is 8.32. The zero-order valence-corrected chi connectivity index (χ0v) is 16.7. The molecule has 0 saturated carbocycles. The minimum Gasteiger partial charge on any atom is -0.296 e. The van der Waals surface area contributed by atoms with Crippen molar-refractivity contribution in [2.45, 2.75) is 17.6 Å². The number of rotatable bonds is 4. The Morgan fingerprint density at radius 2 is 1.66 bits per heavy atom. The third-order valence-corrected chi connectivity index (χ3v) is 6.93. The molecular weight excluding hydrogens is 427 g/mol. The molecule has 1 saturated heterocycles. The molecule has 10 heteroatoms. The van der Waals surface area contributed by atoms with Gasteiger partial charge in [-0.3, -0.25) is 4.90 Å². The maximum atomic E-state index is 13.0. The summed E-state index contributed by atoms with van der Waals surface area (Å²) in [5, 5.41) is 8.30. The molecule has 154 valence electrons. The molecule has 0 radical (unpaired) electrons. The molecule has 0 aromatic heterocycles. The Balaban J connectivity index is 1.69. The average Bonchev–Trinajstić information content (AvgIpc) is 2.68. The Kier molecular flexibility index (Phi) is 6.19. The molecule has 0 N–H and O–H groups in total. The van der Waals surface area contributed by atoms with Crippen LogP contribution in [0.4, 0.5) is 13.2 Å². The lowest BCUT2D eigenvalue weighted by Gasteiger charge is -2.34. The van der Waals surface area contributed by atoms with E-state index in [0.717, 1.165) is 17.7 Å². The Labute approximate surface area is 172 Å². The zero-order chi connectivity index (χ0) is 21.2. The fourth-order valence-electron chi connectivity index (χ4n) is 3.10. The Morgan fingerprint density at radius 3 is 2.21 bits per heavy atom. The summed E-state index contributed by atoms with van der Waals surface area (Å²) in [6, 6.07) is 11.8. The quantitative estimate of drug-likeness (QED) is 0.722. The third kappa shape index (κ3) is 4.90. The van der Waals surface area contributed by atoms with Crippen molar-refractivity contribution in [2.24, 2.45) is 0 Å². The molecule has 1 fully saturated rings. The van der Waals surface area contributed by atoms with Crippen molar-refractivity contribution in [3.8, 4) is 6.07 Å². The zero-order valence-electron chi connectivity index (χ0n) is 15.2. The van der Waals surface area contributed by atoms with E-state index in [9.17, 15) is 21.6 Å². The van der Waals surface area contributed by atoms with E-state index in [1.165, 1.54) is 4.31 Å². The van der Waals surface area contributed by atoms with Crippen LogP contribution in [-0.4, -0.2) is 43.8 Å². The predicted molar refractivity (Wildman–Crippen MR) is 102 cm³/mol. The van der Waals surface area contributed by atoms with Gasteiger partial charge in [-0.05, 0) is 35.9 Å². The van der Waals surface area contributed by atoms with Crippen LogP contribution in [0.2, 0.25) is 5.02 Å². The summed E-state index contributed by atoms with van der Waals surface area (Å²) in [6.45, 7) is 1.82. The van der Waals surface area contributed by atoms with E-state index in [2.05, 4.69) is 4.90 Å². The number of hydrogen-bond donors (Lipinski definition) is 0. The number of alkyl halides is 3. The first-order valence-electron chi connectivity index (χ1n) is 8.69. The third-order valence-electron chi connectivity index (χ3n) is 4.70. The van der Waals surface area contributed by atoms with Crippen LogP contribution < -0.4 is 0 Å². The van der Waals surface area contributed by atoms with Crippen molar-refractivity contribution in [3.05, 3.63) is 64.2 Å². The van der Waals surface area contributed by atoms with Crippen LogP contribution in [-0.2, 0) is 22.7 Å². The van der Waals surface area contributed by atoms with Gasteiger partial charge < -0.3 is 0 Å². The largest absolute Gasteiger partial charge is 0.417 e. The molecule has 0 bridgehead atoms. The van der Waals surface area contributed by atoms with Crippen LogP contribution in [0, 0.1) is 11.3 Å². The highest BCUT2D eigenvalue weighted by atomic mass is 35.5. The van der Waals surface area contributed by atoms with Crippen LogP contribution in [0.1, 0.15) is 16.7 Å². The highest BCUT2D eigenvalue weighted by molar-refractivity contribution is 7.89. The average molecular weight is 444 g/mol. The SMILES string of the molecule is N#Cc1ccc(CN2CCN(S(=O)(=O)c3ccc(Cl)c(C(F)(F)F)c3)CC2)cc1. The Hall–Kier alpha value is -2.12. The number of halogens is 4. The number of nitriles is 1. The molecule has 0 unspecified atom stereocenters. The van der Waals surface area contributed by atoms with Gasteiger partial charge in [0.2, 0.25) is 10.0 Å². The molecule has 2 aromatic rings. The van der Waals surface area contributed by atoms with Gasteiger partial charge in [-0.2, -0.15) is 22.7 Å². The van der Waals surface area contributed by atoms with E-state index in [1.807, 2.05) is 18.2 Å². The molecule has 1 aliphatic heterocycles. The van der Waals surface area contributed by atoms with E-state index < -0.39 is 31.7 Å². The fraction of sp³-hybridized carbons (Fsp3) is 0.316. The molecule has 3 rings (SSSR count). The topological polar surface area (TPSA) is 64.4 Å². The number of piperazine rings is 1. The first kappa shape index (κ1) is 21.6. The van der Waals surface area contributed by atoms with Gasteiger partial charge >= 0.3 is 6.18 Å². The van der Waals surface area contributed by atoms with Crippen molar-refractivity contribution >= 4 is 21.6 Å². The van der Waals surface area contributed by atoms with Crippen LogP contribution in [0.3, 0.4) is 0 Å². The molecule has 2 aromatic carbocycles. The van der Waals surface area contributed by atoms with Gasteiger partial charge in [0.25, 0.3) is 0 Å². The van der Waals surface area contributed by atoms with Gasteiger partial charge in [0.1, 0.15) is 0 Å². The lowest BCUT2D eigenvalue weighted by molar-refractivity contribution is -0.137. The van der Waals surface area contributed by atoms with Crippen molar-refractivity contribution < 1.29 is 21.6 Å². The monoisotopic (exact) mass is 443 g/mol. The molecule has 0 spiro atoms. The highest BCUT2D eigenvalue weighted by Crippen LogP contribution is 2.36. The normalized spacial score (nSPS) is 16.5. The summed E-state index contributed by atoms with van der Waals surface area (Å²) in [4.78, 5) is 1.63. The van der Waals surface area contributed by atoms with Crippen molar-refractivity contribution in [1.82, 2.24) is 9.21 Å². The first-order valence-corrected chi connectivity index (χ1v) is 10.5. The van der Waals surface area contributed by atoms with E-state index in [1.54, 1.807) is 12.1 Å². The summed E-state index contributed by atoms with van der Waals surface area (Å²) in [5.74, 6) is 0. The summed E-state index contributed by atoms with van der Waals surface area (Å²) < 4.78 is 65.9. The lowest BCUT2D eigenvalue weighted by Crippen LogP contribution is -2.48. The van der Waals surface area contributed by atoms with E-state index in [0.29, 0.717) is 31.3 Å². The second-order valence-electron chi connectivity index (χ2n) is 6.63. The van der Waals surface area contributed by atoms with Gasteiger partial charge in [-0.25, -0.2) is 8.42 Å². The fourth-order valence-corrected chi connectivity index (χ4v) is 4.78. The Morgan fingerprint density at radius 1 is 1.03 bits per heavy atom. The molecule has 0 atom stereocenters. The summed E-state index contributed by atoms with van der Waals surface area (Å²) in [5.41, 5.74) is 0.387. The maximum absolute atomic E-state index is 13.0. The smallest absolute Gasteiger partial charge is 0.296 e. The number of nitrogens with zero attached hydrogens (tertiary/aromatic N) is 3. The van der Waals surface area contributed by atoms with Gasteiger partial charge in [0, 0.05) is 32.7 Å². The first-order chi connectivity index (χ1) is 13.6. The van der Waals surface area contributed by atoms with Crippen LogP contribution in [0.5, 0.6) is 0 Å². The number of benzene rings is 2. The standard InChI is InChI=1S/C19H17ClF3N3O2S/c20-18-6-5-16(11-17(18)19(21,22)23)29(27,28)26-9-7-25(8-10-26)13-15-3-1-14(12-24)2-4-15/h1-6,11H,7-10,13H2. The van der Waals surface area contributed by atoms with Crippen molar-refractivity contribution in [1.29, 1.82) is 5.26 Å². The van der Waals surface area contributed by atoms with Crippen LogP contribution in [0.25, 0.3) is 0 Å². The molecule has 0 amide bonds. The maximum Gasteiger partial charge on any atom is 0.417 e. The van der Waals surface area contributed by atoms with E-state index >= 15 is 0 Å². The van der Waals surface area contributed by atoms with Crippen molar-refractivity contribution in [3.63, 3.8) is 0 Å². The summed E-state index contributed by atoms with van der Waals surface area (Å²) >= 11 is 5.58. The summed E-state index contributed by atoms with van der Waals surface area (Å²) in [7, 11) is -4.05. The lowest BCUT2D eigenvalue weighted by atomic mass is 10.1. The molecular formula is C19H17ClF3N3O2S. The van der Waals surface area contributed by atoms with Crippen molar-refractivity contribution in [2.75, 3.05) is 26.2 Å². The minimum atomic E-state index is -4.73. The molecule has 5 nitrogen and oxygen atoms in total. The van der Waals surface area contributed by atoms with Crippen LogP contribution in [0.15, 0.2) is 47.4 Å². The summed E-state index contributed by atoms with van der Waals surface area (Å²) in [6.07, 6.45) is -4.73. The predicted octanol–water partition coefficient (Wildman–Crippen LogP) is 3.74. The molecule has 29 heavy (non-hydrogen) atoms. The van der Waals surface area contributed by atoms with Gasteiger partial charge in [0.15, 0.2) is 0 Å². The second-order valence-corrected chi connectivity index (χ2v) is 8.97. The number of sulfonamides is 1. The Bertz CT molecular complexity index is 1030. The molecule has 1 aliphatic rings. The van der Waals surface area contributed by atoms with Gasteiger partial charge in [0.05, 0.1) is 27.1 Å².